The molecule has 0 aliphatic heterocycles. The topological polar surface area (TPSA) is 152 Å². The third kappa shape index (κ3) is 4.87. The van der Waals surface area contributed by atoms with Crippen molar-refractivity contribution in [2.24, 2.45) is 0 Å². The van der Waals surface area contributed by atoms with E-state index in [9.17, 15) is 47.5 Å². The molecule has 3 rings (SSSR count). The minimum absolute atomic E-state index is 0.285. The number of hydrogen-bond donors (Lipinski definition) is 2. The molecule has 0 radical (unpaired) electrons. The van der Waals surface area contributed by atoms with Crippen LogP contribution in [0.25, 0.3) is 27.6 Å². The van der Waals surface area contributed by atoms with Gasteiger partial charge in [-0.1, -0.05) is 36.9 Å². The van der Waals surface area contributed by atoms with Crippen LogP contribution < -0.4 is 0 Å². The zero-order valence-electron chi connectivity index (χ0n) is 16.1. The summed E-state index contributed by atoms with van der Waals surface area (Å²) in [7, 11) is -17.1. The molecule has 0 saturated heterocycles. The van der Waals surface area contributed by atoms with Crippen molar-refractivity contribution in [2.75, 3.05) is 6.61 Å². The molecule has 0 aliphatic carbocycles. The Bertz CT molecular complexity index is 1620. The number of fused-ring (bicyclic) bond motifs is 2. The molecule has 0 bridgehead atoms. The summed E-state index contributed by atoms with van der Waals surface area (Å²) in [6, 6.07) is 8.35. The molecule has 0 atom stereocenters. The van der Waals surface area contributed by atoms with Crippen LogP contribution in [-0.2, 0) is 34.5 Å². The SMILES string of the molecule is C=Cc1c(S(=O)(=O)O)c(S(=O)(=O)O)c(S(=O)(=O)OCC(F)(F)F)c2cc3ccccc3cc12. The van der Waals surface area contributed by atoms with Crippen molar-refractivity contribution in [3.8, 4) is 0 Å². The average Bonchev–Trinajstić information content (AvgIpc) is 2.67. The number of rotatable bonds is 6. The van der Waals surface area contributed by atoms with Crippen molar-refractivity contribution >= 4 is 58.0 Å². The van der Waals surface area contributed by atoms with Crippen LogP contribution in [0.15, 0.2) is 57.7 Å². The summed E-state index contributed by atoms with van der Waals surface area (Å²) in [6.45, 7) is 0.962. The van der Waals surface area contributed by atoms with E-state index in [0.717, 1.165) is 12.1 Å². The third-order valence-electron chi connectivity index (χ3n) is 4.43. The largest absolute Gasteiger partial charge is 0.413 e. The van der Waals surface area contributed by atoms with Crippen LogP contribution in [0.5, 0.6) is 0 Å². The van der Waals surface area contributed by atoms with Crippen LogP contribution in [0.4, 0.5) is 13.2 Å². The fourth-order valence-electron chi connectivity index (χ4n) is 3.27. The lowest BCUT2D eigenvalue weighted by atomic mass is 9.99. The normalized spacial score (nSPS) is 13.5. The molecule has 0 heterocycles. The highest BCUT2D eigenvalue weighted by Crippen LogP contribution is 2.42. The van der Waals surface area contributed by atoms with Gasteiger partial charge < -0.3 is 0 Å². The molecule has 2 N–H and O–H groups in total. The minimum atomic E-state index is -5.79. The van der Waals surface area contributed by atoms with E-state index in [2.05, 4.69) is 10.8 Å². The Kier molecular flexibility index (Phi) is 6.10. The Morgan fingerprint density at radius 2 is 1.33 bits per heavy atom. The van der Waals surface area contributed by atoms with Gasteiger partial charge in [0.15, 0.2) is 6.61 Å². The molecular weight excluding hydrogens is 513 g/mol. The Balaban J connectivity index is 2.70. The average molecular weight is 526 g/mol. The molecule has 178 valence electrons. The summed E-state index contributed by atoms with van der Waals surface area (Å²) < 4.78 is 135. The monoisotopic (exact) mass is 526 g/mol. The summed E-state index contributed by atoms with van der Waals surface area (Å²) in [5.41, 5.74) is -0.611. The first-order valence-electron chi connectivity index (χ1n) is 8.53. The molecular formula is C18H13F3O9S3. The van der Waals surface area contributed by atoms with Gasteiger partial charge in [0.25, 0.3) is 30.4 Å². The first kappa shape index (κ1) is 25.1. The van der Waals surface area contributed by atoms with Crippen LogP contribution in [-0.4, -0.2) is 47.1 Å². The molecule has 15 heteroatoms. The lowest BCUT2D eigenvalue weighted by molar-refractivity contribution is -0.152. The van der Waals surface area contributed by atoms with Gasteiger partial charge in [-0.2, -0.15) is 38.4 Å². The molecule has 0 spiro atoms. The molecule has 3 aromatic rings. The van der Waals surface area contributed by atoms with E-state index in [1.807, 2.05) is 0 Å². The van der Waals surface area contributed by atoms with Crippen LogP contribution in [0.1, 0.15) is 5.56 Å². The predicted octanol–water partition coefficient (Wildman–Crippen LogP) is 3.40. The fourth-order valence-corrected chi connectivity index (χ4v) is 7.25. The molecule has 3 aromatic carbocycles. The summed E-state index contributed by atoms with van der Waals surface area (Å²) in [5.74, 6) is 0. The van der Waals surface area contributed by atoms with Crippen LogP contribution in [0.3, 0.4) is 0 Å². The lowest BCUT2D eigenvalue weighted by Gasteiger charge is -2.19. The van der Waals surface area contributed by atoms with E-state index in [0.29, 0.717) is 5.39 Å². The summed E-state index contributed by atoms with van der Waals surface area (Å²) in [5, 5.41) is -0.217. The number of benzene rings is 3. The van der Waals surface area contributed by atoms with Gasteiger partial charge in [-0.05, 0) is 28.3 Å². The highest BCUT2D eigenvalue weighted by molar-refractivity contribution is 7.91. The number of alkyl halides is 3. The molecule has 0 aromatic heterocycles. The highest BCUT2D eigenvalue weighted by Gasteiger charge is 2.40. The first-order chi connectivity index (χ1) is 15.0. The smallest absolute Gasteiger partial charge is 0.282 e. The maximum absolute atomic E-state index is 12.8. The lowest BCUT2D eigenvalue weighted by Crippen LogP contribution is -2.23. The van der Waals surface area contributed by atoms with Gasteiger partial charge in [0.2, 0.25) is 0 Å². The van der Waals surface area contributed by atoms with Gasteiger partial charge in [0, 0.05) is 10.9 Å². The maximum Gasteiger partial charge on any atom is 0.413 e. The molecule has 0 unspecified atom stereocenters. The second-order valence-corrected chi connectivity index (χ2v) is 10.9. The zero-order chi connectivity index (χ0) is 25.0. The Morgan fingerprint density at radius 3 is 1.76 bits per heavy atom. The number of halogens is 3. The van der Waals surface area contributed by atoms with Gasteiger partial charge in [-0.3, -0.25) is 13.3 Å². The van der Waals surface area contributed by atoms with Gasteiger partial charge in [0.1, 0.15) is 14.7 Å². The maximum atomic E-state index is 12.8. The van der Waals surface area contributed by atoms with Crippen molar-refractivity contribution in [1.82, 2.24) is 0 Å². The van der Waals surface area contributed by atoms with Crippen molar-refractivity contribution in [2.45, 2.75) is 20.9 Å². The molecule has 0 saturated carbocycles. The van der Waals surface area contributed by atoms with E-state index in [4.69, 9.17) is 0 Å². The van der Waals surface area contributed by atoms with E-state index >= 15 is 0 Å². The molecule has 0 aliphatic rings. The second-order valence-electron chi connectivity index (χ2n) is 6.63. The van der Waals surface area contributed by atoms with E-state index in [-0.39, 0.29) is 10.8 Å². The van der Waals surface area contributed by atoms with Gasteiger partial charge in [-0.15, -0.1) is 0 Å². The van der Waals surface area contributed by atoms with Crippen LogP contribution in [0.2, 0.25) is 0 Å². The summed E-state index contributed by atoms with van der Waals surface area (Å²) in [6.07, 6.45) is -4.39. The summed E-state index contributed by atoms with van der Waals surface area (Å²) in [4.78, 5) is -5.05. The molecule has 9 nitrogen and oxygen atoms in total. The van der Waals surface area contributed by atoms with Crippen molar-refractivity contribution in [3.63, 3.8) is 0 Å². The zero-order valence-corrected chi connectivity index (χ0v) is 18.5. The molecule has 33 heavy (non-hydrogen) atoms. The van der Waals surface area contributed by atoms with Crippen molar-refractivity contribution in [1.29, 1.82) is 0 Å². The van der Waals surface area contributed by atoms with Crippen molar-refractivity contribution < 1.29 is 51.7 Å². The van der Waals surface area contributed by atoms with Crippen LogP contribution in [0, 0.1) is 0 Å². The molecule has 0 fully saturated rings. The Morgan fingerprint density at radius 1 is 0.848 bits per heavy atom. The van der Waals surface area contributed by atoms with Crippen LogP contribution >= 0.6 is 0 Å². The van der Waals surface area contributed by atoms with E-state index in [1.54, 1.807) is 6.07 Å². The Hall–Kier alpha value is -2.56. The van der Waals surface area contributed by atoms with Gasteiger partial charge in [-0.25, -0.2) is 0 Å². The molecule has 0 amide bonds. The minimum Gasteiger partial charge on any atom is -0.282 e. The van der Waals surface area contributed by atoms with Gasteiger partial charge in [0.05, 0.1) is 0 Å². The second kappa shape index (κ2) is 8.03. The third-order valence-corrected chi connectivity index (χ3v) is 7.90. The number of hydrogen-bond acceptors (Lipinski definition) is 7. The highest BCUT2D eigenvalue weighted by atomic mass is 32.2. The standard InChI is InChI=1S/C18H13F3O9S3/c1-2-12-13-7-10-5-3-4-6-11(10)8-14(13)16(33(28,29)30-9-18(19,20)21)17(32(25,26)27)15(12)31(22,23)24/h2-8H,1,9H2,(H,22,23,24)(H,25,26,27). The van der Waals surface area contributed by atoms with E-state index in [1.165, 1.54) is 24.3 Å². The predicted molar refractivity (Wildman–Crippen MR) is 110 cm³/mol. The van der Waals surface area contributed by atoms with Gasteiger partial charge >= 0.3 is 6.18 Å². The quantitative estimate of drug-likeness (QED) is 0.280. The fraction of sp³-hybridized carbons (Fsp3) is 0.111. The van der Waals surface area contributed by atoms with E-state index < -0.39 is 68.8 Å². The Labute approximate surface area is 185 Å². The van der Waals surface area contributed by atoms with Crippen molar-refractivity contribution in [3.05, 3.63) is 48.5 Å². The summed E-state index contributed by atoms with van der Waals surface area (Å²) >= 11 is 0. The first-order valence-corrected chi connectivity index (χ1v) is 12.8.